The molecular formula is C15H30N2. The maximum atomic E-state index is 3.75. The van der Waals surface area contributed by atoms with E-state index in [1.165, 1.54) is 71.0 Å². The highest BCUT2D eigenvalue weighted by Crippen LogP contribution is 2.27. The van der Waals surface area contributed by atoms with E-state index in [-0.39, 0.29) is 0 Å². The van der Waals surface area contributed by atoms with Crippen molar-refractivity contribution in [1.82, 2.24) is 10.2 Å². The highest BCUT2D eigenvalue weighted by molar-refractivity contribution is 4.87. The summed E-state index contributed by atoms with van der Waals surface area (Å²) in [5.74, 6) is 0. The molecule has 0 spiro atoms. The average Bonchev–Trinajstić information content (AvgIpc) is 2.66. The van der Waals surface area contributed by atoms with Crippen molar-refractivity contribution in [3.05, 3.63) is 0 Å². The van der Waals surface area contributed by atoms with Gasteiger partial charge in [-0.25, -0.2) is 0 Å². The molecule has 0 aromatic heterocycles. The van der Waals surface area contributed by atoms with E-state index in [1.54, 1.807) is 0 Å². The number of likely N-dealkylation sites (tertiary alicyclic amines) is 1. The quantitative estimate of drug-likeness (QED) is 0.740. The maximum absolute atomic E-state index is 3.75. The Labute approximate surface area is 107 Å². The monoisotopic (exact) mass is 238 g/mol. The first-order valence-corrected chi connectivity index (χ1v) is 7.67. The van der Waals surface area contributed by atoms with Gasteiger partial charge in [0.1, 0.15) is 0 Å². The van der Waals surface area contributed by atoms with Crippen molar-refractivity contribution < 1.29 is 0 Å². The Hall–Kier alpha value is -0.0800. The van der Waals surface area contributed by atoms with Gasteiger partial charge < -0.3 is 5.32 Å². The molecule has 2 aliphatic rings. The molecule has 2 rings (SSSR count). The molecule has 0 amide bonds. The molecule has 1 saturated heterocycles. The molecule has 0 atom stereocenters. The van der Waals surface area contributed by atoms with Crippen LogP contribution in [0.4, 0.5) is 0 Å². The molecule has 1 N–H and O–H groups in total. The van der Waals surface area contributed by atoms with Gasteiger partial charge in [0.15, 0.2) is 0 Å². The SMILES string of the molecule is CC1(C)CCCN1CCCNC1CCCCC1. The molecule has 0 bridgehead atoms. The Kier molecular flexibility index (Phi) is 4.87. The lowest BCUT2D eigenvalue weighted by atomic mass is 9.95. The van der Waals surface area contributed by atoms with Crippen molar-refractivity contribution in [2.24, 2.45) is 0 Å². The van der Waals surface area contributed by atoms with Crippen LogP contribution < -0.4 is 5.32 Å². The van der Waals surface area contributed by atoms with Crippen LogP contribution >= 0.6 is 0 Å². The van der Waals surface area contributed by atoms with Crippen LogP contribution in [0.2, 0.25) is 0 Å². The first-order valence-electron chi connectivity index (χ1n) is 7.67. The van der Waals surface area contributed by atoms with Gasteiger partial charge in [-0.05, 0) is 65.6 Å². The summed E-state index contributed by atoms with van der Waals surface area (Å²) < 4.78 is 0. The van der Waals surface area contributed by atoms with Crippen LogP contribution in [-0.4, -0.2) is 36.1 Å². The molecular weight excluding hydrogens is 208 g/mol. The average molecular weight is 238 g/mol. The first kappa shape index (κ1) is 13.4. The second-order valence-electron chi connectivity index (χ2n) is 6.55. The third-order valence-electron chi connectivity index (χ3n) is 4.72. The number of hydrogen-bond donors (Lipinski definition) is 1. The van der Waals surface area contributed by atoms with E-state index in [9.17, 15) is 0 Å². The van der Waals surface area contributed by atoms with Gasteiger partial charge in [-0.3, -0.25) is 4.90 Å². The van der Waals surface area contributed by atoms with E-state index in [1.807, 2.05) is 0 Å². The van der Waals surface area contributed by atoms with Crippen molar-refractivity contribution in [2.75, 3.05) is 19.6 Å². The Morgan fingerprint density at radius 1 is 1.12 bits per heavy atom. The molecule has 17 heavy (non-hydrogen) atoms. The predicted molar refractivity (Wildman–Crippen MR) is 74.4 cm³/mol. The van der Waals surface area contributed by atoms with E-state index in [0.717, 1.165) is 6.04 Å². The second kappa shape index (κ2) is 6.19. The zero-order chi connectivity index (χ0) is 12.1. The minimum atomic E-state index is 0.463. The van der Waals surface area contributed by atoms with Gasteiger partial charge in [0, 0.05) is 11.6 Å². The molecule has 1 aliphatic carbocycles. The fourth-order valence-electron chi connectivity index (χ4n) is 3.46. The smallest absolute Gasteiger partial charge is 0.0153 e. The topological polar surface area (TPSA) is 15.3 Å². The highest BCUT2D eigenvalue weighted by atomic mass is 15.2. The van der Waals surface area contributed by atoms with E-state index in [0.29, 0.717) is 5.54 Å². The fourth-order valence-corrected chi connectivity index (χ4v) is 3.46. The zero-order valence-corrected chi connectivity index (χ0v) is 11.8. The Morgan fingerprint density at radius 3 is 2.53 bits per heavy atom. The van der Waals surface area contributed by atoms with Crippen LogP contribution in [-0.2, 0) is 0 Å². The third kappa shape index (κ3) is 3.96. The van der Waals surface area contributed by atoms with Crippen LogP contribution in [0.15, 0.2) is 0 Å². The lowest BCUT2D eigenvalue weighted by Gasteiger charge is -2.32. The summed E-state index contributed by atoms with van der Waals surface area (Å²) in [5, 5.41) is 3.75. The van der Waals surface area contributed by atoms with Crippen molar-refractivity contribution in [3.8, 4) is 0 Å². The van der Waals surface area contributed by atoms with E-state index < -0.39 is 0 Å². The Bertz CT molecular complexity index is 219. The fraction of sp³-hybridized carbons (Fsp3) is 1.00. The van der Waals surface area contributed by atoms with Crippen LogP contribution in [0.5, 0.6) is 0 Å². The van der Waals surface area contributed by atoms with Crippen LogP contribution in [0, 0.1) is 0 Å². The summed E-state index contributed by atoms with van der Waals surface area (Å²) in [6.45, 7) is 8.61. The molecule has 2 nitrogen and oxygen atoms in total. The summed E-state index contributed by atoms with van der Waals surface area (Å²) in [4.78, 5) is 2.68. The molecule has 1 aliphatic heterocycles. The molecule has 0 radical (unpaired) electrons. The van der Waals surface area contributed by atoms with Gasteiger partial charge in [0.05, 0.1) is 0 Å². The summed E-state index contributed by atoms with van der Waals surface area (Å²) in [6, 6.07) is 0.829. The first-order chi connectivity index (χ1) is 8.18. The van der Waals surface area contributed by atoms with Crippen LogP contribution in [0.25, 0.3) is 0 Å². The molecule has 0 unspecified atom stereocenters. The van der Waals surface area contributed by atoms with Gasteiger partial charge in [-0.2, -0.15) is 0 Å². The molecule has 2 heteroatoms. The van der Waals surface area contributed by atoms with E-state index in [4.69, 9.17) is 0 Å². The second-order valence-corrected chi connectivity index (χ2v) is 6.55. The van der Waals surface area contributed by atoms with E-state index >= 15 is 0 Å². The highest BCUT2D eigenvalue weighted by Gasteiger charge is 2.30. The minimum Gasteiger partial charge on any atom is -0.314 e. The number of rotatable bonds is 5. The number of nitrogens with one attached hydrogen (secondary N) is 1. The van der Waals surface area contributed by atoms with Crippen molar-refractivity contribution in [3.63, 3.8) is 0 Å². The van der Waals surface area contributed by atoms with Crippen molar-refractivity contribution in [2.45, 2.75) is 76.8 Å². The zero-order valence-electron chi connectivity index (χ0n) is 11.8. The van der Waals surface area contributed by atoms with E-state index in [2.05, 4.69) is 24.1 Å². The van der Waals surface area contributed by atoms with Crippen LogP contribution in [0.3, 0.4) is 0 Å². The summed E-state index contributed by atoms with van der Waals surface area (Å²) in [6.07, 6.45) is 11.3. The maximum Gasteiger partial charge on any atom is 0.0153 e. The number of nitrogens with zero attached hydrogens (tertiary/aromatic N) is 1. The standard InChI is InChI=1S/C15H30N2/c1-15(2)10-6-12-17(15)13-7-11-16-14-8-4-3-5-9-14/h14,16H,3-13H2,1-2H3. The third-order valence-corrected chi connectivity index (χ3v) is 4.72. The van der Waals surface area contributed by atoms with Crippen LogP contribution in [0.1, 0.15) is 65.2 Å². The van der Waals surface area contributed by atoms with Gasteiger partial charge in [-0.1, -0.05) is 19.3 Å². The summed E-state index contributed by atoms with van der Waals surface area (Å²) in [7, 11) is 0. The molecule has 0 aromatic carbocycles. The van der Waals surface area contributed by atoms with Crippen molar-refractivity contribution >= 4 is 0 Å². The Balaban J connectivity index is 1.56. The lowest BCUT2D eigenvalue weighted by Crippen LogP contribution is -2.40. The molecule has 2 fully saturated rings. The van der Waals surface area contributed by atoms with Gasteiger partial charge in [0.25, 0.3) is 0 Å². The minimum absolute atomic E-state index is 0.463. The molecule has 0 aromatic rings. The largest absolute Gasteiger partial charge is 0.314 e. The number of hydrogen-bond acceptors (Lipinski definition) is 2. The molecule has 1 saturated carbocycles. The summed E-state index contributed by atoms with van der Waals surface area (Å²) >= 11 is 0. The molecule has 1 heterocycles. The van der Waals surface area contributed by atoms with Gasteiger partial charge in [0.2, 0.25) is 0 Å². The van der Waals surface area contributed by atoms with Crippen molar-refractivity contribution in [1.29, 1.82) is 0 Å². The van der Waals surface area contributed by atoms with Gasteiger partial charge in [-0.15, -0.1) is 0 Å². The lowest BCUT2D eigenvalue weighted by molar-refractivity contribution is 0.172. The molecule has 100 valence electrons. The Morgan fingerprint density at radius 2 is 1.88 bits per heavy atom. The van der Waals surface area contributed by atoms with Gasteiger partial charge >= 0.3 is 0 Å². The normalized spacial score (nSPS) is 26.5. The predicted octanol–water partition coefficient (Wildman–Crippen LogP) is 3.17. The summed E-state index contributed by atoms with van der Waals surface area (Å²) in [5.41, 5.74) is 0.463.